The van der Waals surface area contributed by atoms with E-state index < -0.39 is 7.12 Å². The molecule has 4 rings (SSSR count). The molecule has 4 N–H and O–H groups in total. The van der Waals surface area contributed by atoms with E-state index in [0.717, 1.165) is 42.4 Å². The highest BCUT2D eigenvalue weighted by molar-refractivity contribution is 6.64. The molecule has 7 nitrogen and oxygen atoms in total. The van der Waals surface area contributed by atoms with Gasteiger partial charge >= 0.3 is 7.12 Å². The van der Waals surface area contributed by atoms with Crippen LogP contribution in [0.3, 0.4) is 0 Å². The van der Waals surface area contributed by atoms with Crippen LogP contribution in [0.1, 0.15) is 90.9 Å². The lowest BCUT2D eigenvalue weighted by molar-refractivity contribution is -0.115. The first kappa shape index (κ1) is 23.8. The van der Waals surface area contributed by atoms with E-state index in [2.05, 4.69) is 38.3 Å². The van der Waals surface area contributed by atoms with Gasteiger partial charge in [0.15, 0.2) is 0 Å². The summed E-state index contributed by atoms with van der Waals surface area (Å²) >= 11 is 0. The number of hydrogen-bond donors (Lipinski definition) is 4. The molecule has 0 saturated heterocycles. The third kappa shape index (κ3) is 3.87. The minimum atomic E-state index is -1.89. The molecule has 2 aromatic rings. The standard InChI is InChI=1S/C25H35BN2O5/c1-13-8-9-18-24(4,5)10-7-11-25(18,6)19-16-12-17(27-14(2)29)21(28-15(3)30)20(26(31)32)23(16)33-22(13)19/h12-13,18,31-32H,7-11H2,1-6H3,(H,27,29)(H,28,30). The predicted molar refractivity (Wildman–Crippen MR) is 131 cm³/mol. The zero-order chi connectivity index (χ0) is 24.3. The van der Waals surface area contributed by atoms with Crippen molar-refractivity contribution in [1.29, 1.82) is 0 Å². The highest BCUT2D eigenvalue weighted by Crippen LogP contribution is 2.59. The second-order valence-corrected chi connectivity index (χ2v) is 11.0. The third-order valence-electron chi connectivity index (χ3n) is 8.05. The summed E-state index contributed by atoms with van der Waals surface area (Å²) in [5.74, 6) is 0.798. The Kier molecular flexibility index (Phi) is 5.90. The molecular weight excluding hydrogens is 419 g/mol. The van der Waals surface area contributed by atoms with E-state index >= 15 is 0 Å². The molecule has 0 bridgehead atoms. The van der Waals surface area contributed by atoms with Gasteiger partial charge in [-0.15, -0.1) is 0 Å². The minimum Gasteiger partial charge on any atom is -0.461 e. The lowest BCUT2D eigenvalue weighted by atomic mass is 9.53. The minimum absolute atomic E-state index is 0.0712. The molecule has 2 aliphatic carbocycles. The summed E-state index contributed by atoms with van der Waals surface area (Å²) in [6.07, 6.45) is 5.41. The fraction of sp³-hybridized carbons (Fsp3) is 0.600. The van der Waals surface area contributed by atoms with Gasteiger partial charge in [-0.05, 0) is 48.5 Å². The number of carbonyl (C=O) groups is 2. The van der Waals surface area contributed by atoms with E-state index in [1.165, 1.54) is 20.3 Å². The Bertz CT molecular complexity index is 1120. The second kappa shape index (κ2) is 8.17. The van der Waals surface area contributed by atoms with Gasteiger partial charge < -0.3 is 25.1 Å². The molecule has 33 heavy (non-hydrogen) atoms. The van der Waals surface area contributed by atoms with Crippen LogP contribution in [-0.2, 0) is 15.0 Å². The summed E-state index contributed by atoms with van der Waals surface area (Å²) in [6, 6.07) is 1.83. The molecule has 1 aromatic heterocycles. The van der Waals surface area contributed by atoms with E-state index in [4.69, 9.17) is 4.42 Å². The van der Waals surface area contributed by atoms with E-state index in [1.54, 1.807) is 0 Å². The average Bonchev–Trinajstić information content (AvgIpc) is 3.00. The molecule has 178 valence electrons. The van der Waals surface area contributed by atoms with Gasteiger partial charge in [0.1, 0.15) is 11.3 Å². The largest absolute Gasteiger partial charge is 0.494 e. The molecule has 3 unspecified atom stereocenters. The van der Waals surface area contributed by atoms with Crippen molar-refractivity contribution in [2.24, 2.45) is 11.3 Å². The van der Waals surface area contributed by atoms with E-state index in [1.807, 2.05) is 6.07 Å². The maximum absolute atomic E-state index is 12.0. The van der Waals surface area contributed by atoms with Crippen LogP contribution >= 0.6 is 0 Å². The molecule has 1 saturated carbocycles. The first-order valence-corrected chi connectivity index (χ1v) is 11.9. The van der Waals surface area contributed by atoms with Crippen molar-refractivity contribution in [3.63, 3.8) is 0 Å². The highest BCUT2D eigenvalue weighted by Gasteiger charge is 2.51. The predicted octanol–water partition coefficient (Wildman–Crippen LogP) is 4.01. The van der Waals surface area contributed by atoms with Gasteiger partial charge in [0, 0.05) is 30.7 Å². The average molecular weight is 454 g/mol. The molecule has 2 aliphatic rings. The number of nitrogens with one attached hydrogen (secondary N) is 2. The molecule has 3 atom stereocenters. The van der Waals surface area contributed by atoms with Crippen LogP contribution in [0.4, 0.5) is 11.4 Å². The number of rotatable bonds is 3. The van der Waals surface area contributed by atoms with Crippen molar-refractivity contribution in [1.82, 2.24) is 0 Å². The maximum Gasteiger partial charge on any atom is 0.494 e. The Morgan fingerprint density at radius 3 is 2.36 bits per heavy atom. The number of fused-ring (bicyclic) bond motifs is 5. The Morgan fingerprint density at radius 2 is 1.76 bits per heavy atom. The van der Waals surface area contributed by atoms with Crippen molar-refractivity contribution >= 4 is 46.7 Å². The summed E-state index contributed by atoms with van der Waals surface area (Å²) in [4.78, 5) is 24.0. The van der Waals surface area contributed by atoms with Gasteiger partial charge in [0.05, 0.1) is 16.8 Å². The zero-order valence-corrected chi connectivity index (χ0v) is 20.5. The van der Waals surface area contributed by atoms with Crippen molar-refractivity contribution in [3.8, 4) is 0 Å². The van der Waals surface area contributed by atoms with Gasteiger partial charge in [-0.1, -0.05) is 34.1 Å². The summed E-state index contributed by atoms with van der Waals surface area (Å²) in [5.41, 5.74) is 2.07. The van der Waals surface area contributed by atoms with E-state index in [0.29, 0.717) is 17.2 Å². The number of benzene rings is 1. The van der Waals surface area contributed by atoms with E-state index in [-0.39, 0.29) is 39.7 Å². The number of hydrogen-bond acceptors (Lipinski definition) is 5. The number of carbonyl (C=O) groups excluding carboxylic acids is 2. The lowest BCUT2D eigenvalue weighted by Gasteiger charge is -2.50. The van der Waals surface area contributed by atoms with Crippen molar-refractivity contribution in [2.45, 2.75) is 85.0 Å². The first-order valence-electron chi connectivity index (χ1n) is 11.9. The van der Waals surface area contributed by atoms with E-state index in [9.17, 15) is 19.6 Å². The first-order chi connectivity index (χ1) is 15.4. The lowest BCUT2D eigenvalue weighted by Crippen LogP contribution is -2.44. The van der Waals surface area contributed by atoms with Crippen LogP contribution in [0, 0.1) is 11.3 Å². The van der Waals surface area contributed by atoms with Gasteiger partial charge in [0.25, 0.3) is 0 Å². The topological polar surface area (TPSA) is 112 Å². The monoisotopic (exact) mass is 454 g/mol. The molecule has 8 heteroatoms. The second-order valence-electron chi connectivity index (χ2n) is 11.0. The molecule has 0 spiro atoms. The zero-order valence-electron chi connectivity index (χ0n) is 20.5. The van der Waals surface area contributed by atoms with Crippen LogP contribution in [0.2, 0.25) is 0 Å². The molecule has 0 radical (unpaired) electrons. The van der Waals surface area contributed by atoms with Gasteiger partial charge in [-0.25, -0.2) is 0 Å². The molecule has 0 aliphatic heterocycles. The highest BCUT2D eigenvalue weighted by atomic mass is 16.4. The van der Waals surface area contributed by atoms with Crippen molar-refractivity contribution < 1.29 is 24.1 Å². The number of anilines is 2. The van der Waals surface area contributed by atoms with Crippen LogP contribution < -0.4 is 16.1 Å². The fourth-order valence-electron chi connectivity index (χ4n) is 6.73. The summed E-state index contributed by atoms with van der Waals surface area (Å²) in [6.45, 7) is 11.9. The quantitative estimate of drug-likeness (QED) is 0.524. The molecule has 1 heterocycles. The fourth-order valence-corrected chi connectivity index (χ4v) is 6.73. The third-order valence-corrected chi connectivity index (χ3v) is 8.05. The molecular formula is C25H35BN2O5. The Hall–Kier alpha value is -2.32. The van der Waals surface area contributed by atoms with Crippen molar-refractivity contribution in [3.05, 3.63) is 17.4 Å². The summed E-state index contributed by atoms with van der Waals surface area (Å²) in [7, 11) is -1.89. The maximum atomic E-state index is 12.0. The van der Waals surface area contributed by atoms with Crippen LogP contribution in [0.5, 0.6) is 0 Å². The Labute approximate surface area is 195 Å². The van der Waals surface area contributed by atoms with Gasteiger partial charge in [0.2, 0.25) is 11.8 Å². The summed E-state index contributed by atoms with van der Waals surface area (Å²) in [5, 5.41) is 27.0. The SMILES string of the molecule is CC(=O)Nc1cc2c3c(oc2c(B(O)O)c1NC(C)=O)C(C)CCC1C(C)(C)CCCC31C. The Balaban J connectivity index is 2.10. The molecule has 1 fully saturated rings. The van der Waals surface area contributed by atoms with Crippen LogP contribution in [-0.4, -0.2) is 29.0 Å². The van der Waals surface area contributed by atoms with Gasteiger partial charge in [-0.2, -0.15) is 0 Å². The van der Waals surface area contributed by atoms with Crippen LogP contribution in [0.15, 0.2) is 10.5 Å². The molecule has 2 amide bonds. The summed E-state index contributed by atoms with van der Waals surface area (Å²) < 4.78 is 6.46. The number of furan rings is 1. The van der Waals surface area contributed by atoms with Crippen LogP contribution in [0.25, 0.3) is 11.0 Å². The number of amides is 2. The Morgan fingerprint density at radius 1 is 1.09 bits per heavy atom. The van der Waals surface area contributed by atoms with Gasteiger partial charge in [-0.3, -0.25) is 9.59 Å². The van der Waals surface area contributed by atoms with Crippen molar-refractivity contribution in [2.75, 3.05) is 10.6 Å². The normalized spacial score (nSPS) is 26.2. The smallest absolute Gasteiger partial charge is 0.461 e. The molecule has 1 aromatic carbocycles.